The summed E-state index contributed by atoms with van der Waals surface area (Å²) >= 11 is 5.95. The summed E-state index contributed by atoms with van der Waals surface area (Å²) < 4.78 is 15.4. The van der Waals surface area contributed by atoms with Crippen LogP contribution < -0.4 is 4.90 Å². The molecule has 152 valence electrons. The molecule has 0 bridgehead atoms. The summed E-state index contributed by atoms with van der Waals surface area (Å²) in [5.74, 6) is 0.651. The third-order valence-electron chi connectivity index (χ3n) is 5.53. The molecule has 0 saturated carbocycles. The van der Waals surface area contributed by atoms with Crippen molar-refractivity contribution in [2.75, 3.05) is 18.0 Å². The van der Waals surface area contributed by atoms with Crippen LogP contribution in [0.25, 0.3) is 17.2 Å². The lowest BCUT2D eigenvalue weighted by Crippen LogP contribution is -2.46. The molecule has 1 saturated heterocycles. The van der Waals surface area contributed by atoms with Gasteiger partial charge in [0.05, 0.1) is 17.8 Å². The molecule has 4 aromatic rings. The number of β-amino-alcohol motifs (C(OH)–C–C–N with tert-alkyl or cyclic N) is 1. The first kappa shape index (κ1) is 19.0. The van der Waals surface area contributed by atoms with E-state index in [-0.39, 0.29) is 5.02 Å². The largest absolute Gasteiger partial charge is 0.383 e. The van der Waals surface area contributed by atoms with E-state index in [1.54, 1.807) is 16.8 Å². The Morgan fingerprint density at radius 1 is 1.13 bits per heavy atom. The van der Waals surface area contributed by atoms with Crippen molar-refractivity contribution >= 4 is 23.1 Å². The molecule has 8 heteroatoms. The van der Waals surface area contributed by atoms with Gasteiger partial charge in [-0.15, -0.1) is 0 Å². The second kappa shape index (κ2) is 7.34. The Morgan fingerprint density at radius 3 is 2.80 bits per heavy atom. The monoisotopic (exact) mass is 423 g/mol. The molecule has 0 spiro atoms. The standard InChI is InChI=1S/C22H19ClFN5O/c23-16-13-29-18(12-26-20(29)11-17(16)24)21-25-9-7-19(27-21)28-10-4-8-22(30,14-28)15-5-2-1-3-6-15/h1-3,5-7,9,11-13,30H,4,8,10,14H2. The number of aliphatic hydroxyl groups is 1. The molecule has 1 fully saturated rings. The van der Waals surface area contributed by atoms with Crippen molar-refractivity contribution in [2.24, 2.45) is 0 Å². The van der Waals surface area contributed by atoms with E-state index in [1.165, 1.54) is 12.3 Å². The minimum atomic E-state index is -0.932. The Labute approximate surface area is 177 Å². The molecule has 0 aliphatic carbocycles. The predicted molar refractivity (Wildman–Crippen MR) is 113 cm³/mol. The topological polar surface area (TPSA) is 66.5 Å². The van der Waals surface area contributed by atoms with E-state index in [0.29, 0.717) is 30.1 Å². The average molecular weight is 424 g/mol. The van der Waals surface area contributed by atoms with Crippen LogP contribution in [0.3, 0.4) is 0 Å². The first-order valence-electron chi connectivity index (χ1n) is 9.72. The van der Waals surface area contributed by atoms with Gasteiger partial charge in [-0.2, -0.15) is 0 Å². The fourth-order valence-corrected chi connectivity index (χ4v) is 4.16. The summed E-state index contributed by atoms with van der Waals surface area (Å²) in [6.45, 7) is 1.23. The van der Waals surface area contributed by atoms with Crippen molar-refractivity contribution in [3.63, 3.8) is 0 Å². The Hall–Kier alpha value is -3.03. The van der Waals surface area contributed by atoms with E-state index in [9.17, 15) is 9.50 Å². The zero-order chi connectivity index (χ0) is 20.7. The second-order valence-corrected chi connectivity index (χ2v) is 7.91. The molecule has 1 aliphatic heterocycles. The van der Waals surface area contributed by atoms with Crippen molar-refractivity contribution in [1.82, 2.24) is 19.4 Å². The summed E-state index contributed by atoms with van der Waals surface area (Å²) in [5.41, 5.74) is 1.02. The molecule has 1 aliphatic rings. The normalized spacial score (nSPS) is 19.4. The number of halogens is 2. The summed E-state index contributed by atoms with van der Waals surface area (Å²) in [6.07, 6.45) is 6.29. The number of hydrogen-bond donors (Lipinski definition) is 1. The number of pyridine rings is 1. The predicted octanol–water partition coefficient (Wildman–Crippen LogP) is 4.07. The molecule has 4 heterocycles. The third kappa shape index (κ3) is 3.30. The first-order valence-corrected chi connectivity index (χ1v) is 10.1. The van der Waals surface area contributed by atoms with Crippen LogP contribution in [0.5, 0.6) is 0 Å². The average Bonchev–Trinajstić information content (AvgIpc) is 3.17. The molecule has 3 aromatic heterocycles. The van der Waals surface area contributed by atoms with Gasteiger partial charge in [-0.3, -0.25) is 4.40 Å². The fourth-order valence-electron chi connectivity index (χ4n) is 4.00. The third-order valence-corrected chi connectivity index (χ3v) is 5.81. The van der Waals surface area contributed by atoms with Crippen molar-refractivity contribution in [3.8, 4) is 11.5 Å². The summed E-state index contributed by atoms with van der Waals surface area (Å²) in [4.78, 5) is 15.4. The molecule has 5 rings (SSSR count). The van der Waals surface area contributed by atoms with Crippen LogP contribution in [-0.4, -0.2) is 37.5 Å². The minimum absolute atomic E-state index is 0.00172. The Bertz CT molecular complexity index is 1210. The maximum atomic E-state index is 13.7. The number of hydrogen-bond acceptors (Lipinski definition) is 5. The smallest absolute Gasteiger partial charge is 0.180 e. The van der Waals surface area contributed by atoms with Crippen molar-refractivity contribution in [3.05, 3.63) is 77.5 Å². The zero-order valence-corrected chi connectivity index (χ0v) is 16.8. The Balaban J connectivity index is 1.49. The van der Waals surface area contributed by atoms with E-state index in [2.05, 4.69) is 14.9 Å². The van der Waals surface area contributed by atoms with Gasteiger partial charge in [-0.05, 0) is 24.5 Å². The Morgan fingerprint density at radius 2 is 1.97 bits per heavy atom. The molecule has 1 atom stereocenters. The van der Waals surface area contributed by atoms with Crippen LogP contribution in [0.4, 0.5) is 10.2 Å². The summed E-state index contributed by atoms with van der Waals surface area (Å²) in [7, 11) is 0. The van der Waals surface area contributed by atoms with Gasteiger partial charge in [-0.25, -0.2) is 19.3 Å². The van der Waals surface area contributed by atoms with Gasteiger partial charge in [0.1, 0.15) is 28.6 Å². The quantitative estimate of drug-likeness (QED) is 0.538. The minimum Gasteiger partial charge on any atom is -0.383 e. The van der Waals surface area contributed by atoms with Crippen molar-refractivity contribution in [1.29, 1.82) is 0 Å². The lowest BCUT2D eigenvalue weighted by molar-refractivity contribution is 0.0217. The highest BCUT2D eigenvalue weighted by molar-refractivity contribution is 6.30. The maximum Gasteiger partial charge on any atom is 0.180 e. The molecule has 1 unspecified atom stereocenters. The number of nitrogens with zero attached hydrogens (tertiary/aromatic N) is 5. The van der Waals surface area contributed by atoms with Crippen LogP contribution in [0, 0.1) is 5.82 Å². The van der Waals surface area contributed by atoms with E-state index in [1.807, 2.05) is 36.4 Å². The van der Waals surface area contributed by atoms with E-state index in [0.717, 1.165) is 24.3 Å². The summed E-state index contributed by atoms with van der Waals surface area (Å²) in [5, 5.41) is 11.3. The molecule has 0 amide bonds. The van der Waals surface area contributed by atoms with E-state index in [4.69, 9.17) is 16.6 Å². The van der Waals surface area contributed by atoms with Gasteiger partial charge in [-0.1, -0.05) is 41.9 Å². The van der Waals surface area contributed by atoms with Crippen LogP contribution in [-0.2, 0) is 5.60 Å². The van der Waals surface area contributed by atoms with Gasteiger partial charge in [0.15, 0.2) is 5.82 Å². The second-order valence-electron chi connectivity index (χ2n) is 7.50. The van der Waals surface area contributed by atoms with Crippen LogP contribution in [0.2, 0.25) is 5.02 Å². The van der Waals surface area contributed by atoms with Crippen LogP contribution in [0.15, 0.2) is 61.1 Å². The van der Waals surface area contributed by atoms with Gasteiger partial charge >= 0.3 is 0 Å². The van der Waals surface area contributed by atoms with Gasteiger partial charge in [0.2, 0.25) is 0 Å². The van der Waals surface area contributed by atoms with Crippen molar-refractivity contribution < 1.29 is 9.50 Å². The highest BCUT2D eigenvalue weighted by atomic mass is 35.5. The van der Waals surface area contributed by atoms with Crippen LogP contribution in [0.1, 0.15) is 18.4 Å². The zero-order valence-electron chi connectivity index (χ0n) is 16.0. The van der Waals surface area contributed by atoms with Gasteiger partial charge in [0.25, 0.3) is 0 Å². The highest BCUT2D eigenvalue weighted by Gasteiger charge is 2.35. The van der Waals surface area contributed by atoms with E-state index >= 15 is 0 Å². The van der Waals surface area contributed by atoms with Crippen molar-refractivity contribution in [2.45, 2.75) is 18.4 Å². The van der Waals surface area contributed by atoms with E-state index < -0.39 is 11.4 Å². The number of imidazole rings is 1. The number of aromatic nitrogens is 4. The molecule has 0 radical (unpaired) electrons. The molecule has 1 N–H and O–H groups in total. The number of rotatable bonds is 3. The number of fused-ring (bicyclic) bond motifs is 1. The lowest BCUT2D eigenvalue weighted by Gasteiger charge is -2.40. The Kier molecular flexibility index (Phi) is 4.64. The van der Waals surface area contributed by atoms with Gasteiger partial charge < -0.3 is 10.0 Å². The molecule has 30 heavy (non-hydrogen) atoms. The number of benzene rings is 1. The molecular weight excluding hydrogens is 405 g/mol. The number of anilines is 1. The molecular formula is C22H19ClFN5O. The lowest BCUT2D eigenvalue weighted by atomic mass is 9.86. The molecule has 6 nitrogen and oxygen atoms in total. The highest BCUT2D eigenvalue weighted by Crippen LogP contribution is 2.33. The first-order chi connectivity index (χ1) is 14.5. The molecule has 1 aromatic carbocycles. The maximum absolute atomic E-state index is 13.7. The summed E-state index contributed by atoms with van der Waals surface area (Å²) in [6, 6.07) is 12.8. The van der Waals surface area contributed by atoms with Crippen LogP contribution >= 0.6 is 11.6 Å². The fraction of sp³-hybridized carbons (Fsp3) is 0.227. The van der Waals surface area contributed by atoms with Gasteiger partial charge in [0, 0.05) is 25.0 Å². The number of piperidine rings is 1. The SMILES string of the molecule is OC1(c2ccccc2)CCCN(c2ccnc(-c3cnc4cc(F)c(Cl)cn34)n2)C1.